The second kappa shape index (κ2) is 13.7. The molecule has 0 fully saturated rings. The molecule has 0 radical (unpaired) electrons. The number of fused-ring (bicyclic) bond motifs is 5. The topological polar surface area (TPSA) is 8.17 Å². The Morgan fingerprint density at radius 3 is 1.95 bits per heavy atom. The van der Waals surface area contributed by atoms with Gasteiger partial charge in [0.2, 0.25) is 0 Å². The lowest BCUT2D eigenvalue weighted by Crippen LogP contribution is -2.57. The third kappa shape index (κ3) is 5.41. The molecule has 1 aromatic heterocycles. The molecule has 2 heteroatoms. The summed E-state index contributed by atoms with van der Waals surface area (Å²) in [6.07, 6.45) is 7.57. The smallest absolute Gasteiger partial charge is 0.0834 e. The van der Waals surface area contributed by atoms with E-state index >= 15 is 0 Å². The minimum atomic E-state index is -0.444. The minimum Gasteiger partial charge on any atom is -0.326 e. The van der Waals surface area contributed by atoms with E-state index in [2.05, 4.69) is 245 Å². The van der Waals surface area contributed by atoms with Crippen molar-refractivity contribution in [2.24, 2.45) is 11.8 Å². The van der Waals surface area contributed by atoms with Crippen LogP contribution in [-0.4, -0.2) is 10.1 Å². The molecule has 1 aliphatic heterocycles. The van der Waals surface area contributed by atoms with E-state index in [-0.39, 0.29) is 10.8 Å². The average Bonchev–Trinajstić information content (AvgIpc) is 3.64. The highest BCUT2D eigenvalue weighted by atomic mass is 15.2. The third-order valence-corrected chi connectivity index (χ3v) is 14.6. The number of anilines is 2. The highest BCUT2D eigenvalue weighted by Crippen LogP contribution is 2.64. The van der Waals surface area contributed by atoms with Crippen LogP contribution in [0.3, 0.4) is 0 Å². The van der Waals surface area contributed by atoms with Gasteiger partial charge in [-0.1, -0.05) is 197 Å². The van der Waals surface area contributed by atoms with Gasteiger partial charge < -0.3 is 9.47 Å². The molecule has 3 aliphatic rings. The van der Waals surface area contributed by atoms with E-state index in [1.54, 1.807) is 5.57 Å². The van der Waals surface area contributed by atoms with E-state index in [1.165, 1.54) is 77.7 Å². The van der Waals surface area contributed by atoms with Crippen molar-refractivity contribution in [1.82, 2.24) is 4.57 Å². The maximum atomic E-state index is 2.69. The van der Waals surface area contributed by atoms with Crippen molar-refractivity contribution < 1.29 is 0 Å². The number of rotatable bonds is 6. The third-order valence-electron chi connectivity index (χ3n) is 14.6. The van der Waals surface area contributed by atoms with Crippen LogP contribution in [0, 0.1) is 11.8 Å². The standard InChI is InChI=1S/C59H52N2/c1-39-35-36-58(5)56-54(39)40(2)37-50(42-19-9-7-10-20-42)59(56,6)49-27-14-16-29-52(49)61(58)53-30-18-26-48-47-25-13-15-28-51(47)60(55(48)53)46-24-17-21-43(38-46)41-31-33-45(34-32-41)57(3,4)44-22-11-8-12-23-44/h7-40H,1-6H3. The van der Waals surface area contributed by atoms with Gasteiger partial charge in [-0.3, -0.25) is 0 Å². The van der Waals surface area contributed by atoms with Crippen LogP contribution in [0.15, 0.2) is 205 Å². The Labute approximate surface area is 360 Å². The molecule has 4 atom stereocenters. The quantitative estimate of drug-likeness (QED) is 0.152. The van der Waals surface area contributed by atoms with Crippen LogP contribution < -0.4 is 4.90 Å². The molecule has 0 saturated carbocycles. The number of benzene rings is 7. The molecule has 2 aliphatic carbocycles. The van der Waals surface area contributed by atoms with E-state index in [1.807, 2.05) is 0 Å². The van der Waals surface area contributed by atoms with E-state index in [0.717, 1.165) is 5.69 Å². The molecule has 4 unspecified atom stereocenters. The van der Waals surface area contributed by atoms with E-state index < -0.39 is 5.54 Å². The summed E-state index contributed by atoms with van der Waals surface area (Å²) >= 11 is 0. The van der Waals surface area contributed by atoms with Gasteiger partial charge >= 0.3 is 0 Å². The van der Waals surface area contributed by atoms with Crippen LogP contribution in [0.2, 0.25) is 0 Å². The zero-order valence-electron chi connectivity index (χ0n) is 36.0. The summed E-state index contributed by atoms with van der Waals surface area (Å²) in [5.74, 6) is 0.634. The maximum absolute atomic E-state index is 2.69. The van der Waals surface area contributed by atoms with Crippen LogP contribution in [0.4, 0.5) is 11.4 Å². The summed E-state index contributed by atoms with van der Waals surface area (Å²) in [6, 6.07) is 65.4. The van der Waals surface area contributed by atoms with Crippen molar-refractivity contribution in [2.45, 2.75) is 57.9 Å². The average molecular weight is 789 g/mol. The van der Waals surface area contributed by atoms with Crippen molar-refractivity contribution in [1.29, 1.82) is 0 Å². The highest BCUT2D eigenvalue weighted by molar-refractivity contribution is 6.14. The SMILES string of the molecule is CC1C=CC2(C)C3=C1C(C)C=C(c1ccccc1)C3(C)c1ccccc1N2c1cccc2c3ccccc3n(-c3cccc(-c4ccc(C(C)(C)c5ccccc5)cc4)c3)c12. The van der Waals surface area contributed by atoms with Crippen LogP contribution >= 0.6 is 0 Å². The molecule has 298 valence electrons. The summed E-state index contributed by atoms with van der Waals surface area (Å²) in [6.45, 7) is 14.4. The zero-order valence-corrected chi connectivity index (χ0v) is 36.0. The maximum Gasteiger partial charge on any atom is 0.0834 e. The Hall–Kier alpha value is -6.64. The Morgan fingerprint density at radius 1 is 0.541 bits per heavy atom. The summed E-state index contributed by atoms with van der Waals surface area (Å²) in [5.41, 5.74) is 17.3. The molecular weight excluding hydrogens is 737 g/mol. The summed E-state index contributed by atoms with van der Waals surface area (Å²) in [4.78, 5) is 2.69. The summed E-state index contributed by atoms with van der Waals surface area (Å²) in [5, 5.41) is 2.51. The first-order valence-electron chi connectivity index (χ1n) is 22.0. The zero-order chi connectivity index (χ0) is 41.7. The van der Waals surface area contributed by atoms with E-state index in [9.17, 15) is 0 Å². The first kappa shape index (κ1) is 37.4. The van der Waals surface area contributed by atoms with Crippen LogP contribution in [0.5, 0.6) is 0 Å². The number of hydrogen-bond donors (Lipinski definition) is 0. The first-order valence-corrected chi connectivity index (χ1v) is 22.0. The molecule has 0 saturated heterocycles. The fraction of sp³-hybridized carbons (Fsp3) is 0.186. The number of hydrogen-bond acceptors (Lipinski definition) is 1. The molecule has 0 bridgehead atoms. The molecule has 2 heterocycles. The van der Waals surface area contributed by atoms with Crippen LogP contribution in [0.25, 0.3) is 44.2 Å². The molecule has 0 N–H and O–H groups in total. The molecule has 0 spiro atoms. The van der Waals surface area contributed by atoms with Gasteiger partial charge in [0, 0.05) is 33.0 Å². The van der Waals surface area contributed by atoms with Gasteiger partial charge in [-0.15, -0.1) is 0 Å². The lowest BCUT2D eigenvalue weighted by atomic mass is 9.52. The number of aromatic nitrogens is 1. The molecule has 7 aromatic carbocycles. The minimum absolute atomic E-state index is 0.0976. The first-order chi connectivity index (χ1) is 29.6. The molecule has 11 rings (SSSR count). The molecule has 2 nitrogen and oxygen atoms in total. The van der Waals surface area contributed by atoms with Gasteiger partial charge in [0.25, 0.3) is 0 Å². The fourth-order valence-corrected chi connectivity index (χ4v) is 11.7. The van der Waals surface area contributed by atoms with Crippen molar-refractivity contribution in [3.8, 4) is 16.8 Å². The fourth-order valence-electron chi connectivity index (χ4n) is 11.7. The monoisotopic (exact) mass is 788 g/mol. The second-order valence-electron chi connectivity index (χ2n) is 18.5. The number of allylic oxidation sites excluding steroid dienone is 4. The molecule has 0 amide bonds. The predicted molar refractivity (Wildman–Crippen MR) is 258 cm³/mol. The lowest BCUT2D eigenvalue weighted by molar-refractivity contribution is 0.469. The predicted octanol–water partition coefficient (Wildman–Crippen LogP) is 15.2. The Kier molecular flexibility index (Phi) is 8.39. The van der Waals surface area contributed by atoms with Crippen molar-refractivity contribution in [2.75, 3.05) is 4.90 Å². The summed E-state index contributed by atoms with van der Waals surface area (Å²) < 4.78 is 2.53. The van der Waals surface area contributed by atoms with Crippen molar-refractivity contribution in [3.05, 3.63) is 228 Å². The van der Waals surface area contributed by atoms with Crippen molar-refractivity contribution >= 4 is 38.8 Å². The highest BCUT2D eigenvalue weighted by Gasteiger charge is 2.57. The van der Waals surface area contributed by atoms with Gasteiger partial charge in [0.1, 0.15) is 0 Å². The molecular formula is C59H52N2. The van der Waals surface area contributed by atoms with E-state index in [0.29, 0.717) is 11.8 Å². The summed E-state index contributed by atoms with van der Waals surface area (Å²) in [7, 11) is 0. The van der Waals surface area contributed by atoms with Gasteiger partial charge in [0.15, 0.2) is 0 Å². The van der Waals surface area contributed by atoms with Crippen LogP contribution in [-0.2, 0) is 10.8 Å². The Balaban J connectivity index is 1.13. The largest absolute Gasteiger partial charge is 0.326 e. The van der Waals surface area contributed by atoms with Crippen LogP contribution in [0.1, 0.15) is 63.8 Å². The second-order valence-corrected chi connectivity index (χ2v) is 18.5. The van der Waals surface area contributed by atoms with Gasteiger partial charge in [0.05, 0.1) is 22.3 Å². The Bertz CT molecular complexity index is 3110. The normalized spacial score (nSPS) is 22.0. The number of para-hydroxylation sites is 3. The lowest BCUT2D eigenvalue weighted by Gasteiger charge is -2.59. The van der Waals surface area contributed by atoms with Gasteiger partial charge in [-0.05, 0) is 101 Å². The van der Waals surface area contributed by atoms with Crippen molar-refractivity contribution in [3.63, 3.8) is 0 Å². The molecule has 8 aromatic rings. The Morgan fingerprint density at radius 2 is 1.16 bits per heavy atom. The number of nitrogens with zero attached hydrogens (tertiary/aromatic N) is 2. The van der Waals surface area contributed by atoms with Gasteiger partial charge in [-0.25, -0.2) is 0 Å². The molecule has 61 heavy (non-hydrogen) atoms. The van der Waals surface area contributed by atoms with Gasteiger partial charge in [-0.2, -0.15) is 0 Å². The van der Waals surface area contributed by atoms with E-state index in [4.69, 9.17) is 0 Å².